The highest BCUT2D eigenvalue weighted by molar-refractivity contribution is 15.0. The smallest absolute Gasteiger partial charge is 0.0396 e. The molecule has 2 nitrogen and oxygen atoms in total. The van der Waals surface area contributed by atoms with Crippen LogP contribution in [0.1, 0.15) is 66.9 Å². The van der Waals surface area contributed by atoms with E-state index in [0.717, 1.165) is 0 Å². The van der Waals surface area contributed by atoms with Crippen LogP contribution in [-0.2, 0) is 6.42 Å². The van der Waals surface area contributed by atoms with Gasteiger partial charge in [0.2, 0.25) is 0 Å². The van der Waals surface area contributed by atoms with Gasteiger partial charge in [-0.2, -0.15) is 0 Å². The van der Waals surface area contributed by atoms with Crippen LogP contribution in [0.15, 0.2) is 97.1 Å². The molecule has 3 aromatic rings. The molecule has 0 bridgehead atoms. The summed E-state index contributed by atoms with van der Waals surface area (Å²) < 4.78 is 0. The van der Waals surface area contributed by atoms with Crippen molar-refractivity contribution in [3.8, 4) is 0 Å². The van der Waals surface area contributed by atoms with E-state index in [2.05, 4.69) is 85.3 Å². The number of likely N-dealkylation sites (tertiary alicyclic amines) is 1. The van der Waals surface area contributed by atoms with Crippen LogP contribution in [0.3, 0.4) is 0 Å². The minimum atomic E-state index is 0. The first kappa shape index (κ1) is 44.6. The molecule has 0 unspecified atom stereocenters. The summed E-state index contributed by atoms with van der Waals surface area (Å²) in [6.45, 7) is 19.3. The molecule has 0 atom stereocenters. The van der Waals surface area contributed by atoms with Crippen LogP contribution in [0.5, 0.6) is 0 Å². The second-order valence-electron chi connectivity index (χ2n) is 7.25. The van der Waals surface area contributed by atoms with Crippen molar-refractivity contribution >= 4 is 66.9 Å². The number of likely N-dealkylation sites (N-methyl/N-ethyl adjacent to an activating group) is 1. The lowest BCUT2D eigenvalue weighted by Gasteiger charge is -2.10. The Hall–Kier alpha value is -0.390. The third kappa shape index (κ3) is 25.9. The average molecular weight is 861 g/mol. The summed E-state index contributed by atoms with van der Waals surface area (Å²) in [5.74, 6) is 0. The SMILES string of the molecule is CC.CC.CC.CCN1CCCC1.CN1CCc2ccccc21.I.II.c1ccccc1.c1ccccc1. The van der Waals surface area contributed by atoms with E-state index in [0.29, 0.717) is 0 Å². The van der Waals surface area contributed by atoms with Crippen molar-refractivity contribution in [3.05, 3.63) is 103 Å². The molecular weight excluding hydrogens is 805 g/mol. The topological polar surface area (TPSA) is 6.48 Å². The van der Waals surface area contributed by atoms with Crippen LogP contribution in [0.2, 0.25) is 0 Å². The lowest BCUT2D eigenvalue weighted by Crippen LogP contribution is -2.17. The van der Waals surface area contributed by atoms with Gasteiger partial charge in [0, 0.05) is 56.5 Å². The number of benzene rings is 3. The van der Waals surface area contributed by atoms with E-state index in [1.54, 1.807) is 0 Å². The summed E-state index contributed by atoms with van der Waals surface area (Å²) in [4.78, 5) is 4.79. The minimum absolute atomic E-state index is 0. The Kier molecular flexibility index (Phi) is 45.5. The number of anilines is 1. The molecule has 0 aromatic heterocycles. The number of para-hydroxylation sites is 1. The molecule has 1 saturated heterocycles. The van der Waals surface area contributed by atoms with E-state index >= 15 is 0 Å². The zero-order chi connectivity index (χ0) is 28.6. The fourth-order valence-corrected chi connectivity index (χ4v) is 3.37. The normalized spacial score (nSPS) is 11.6. The monoisotopic (exact) mass is 860 g/mol. The van der Waals surface area contributed by atoms with Crippen LogP contribution in [0.25, 0.3) is 0 Å². The van der Waals surface area contributed by atoms with Crippen LogP contribution >= 0.6 is 61.2 Å². The molecule has 1 fully saturated rings. The molecule has 0 spiro atoms. The average Bonchev–Trinajstić information content (AvgIpc) is 3.70. The molecule has 0 amide bonds. The van der Waals surface area contributed by atoms with Crippen molar-refractivity contribution in [2.75, 3.05) is 38.1 Å². The van der Waals surface area contributed by atoms with Crippen LogP contribution in [-0.4, -0.2) is 38.1 Å². The molecule has 2 aliphatic heterocycles. The zero-order valence-electron chi connectivity index (χ0n) is 25.2. The van der Waals surface area contributed by atoms with Gasteiger partial charge in [0.15, 0.2) is 0 Å². The number of halogens is 3. The molecule has 0 aliphatic carbocycles. The predicted octanol–water partition coefficient (Wildman–Crippen LogP) is 11.6. The minimum Gasteiger partial charge on any atom is -0.374 e. The molecule has 2 aliphatic rings. The van der Waals surface area contributed by atoms with Gasteiger partial charge in [-0.15, -0.1) is 24.0 Å². The van der Waals surface area contributed by atoms with E-state index in [1.807, 2.05) is 114 Å². The first-order valence-electron chi connectivity index (χ1n) is 14.0. The van der Waals surface area contributed by atoms with E-state index in [1.165, 1.54) is 56.7 Å². The van der Waals surface area contributed by atoms with Crippen LogP contribution in [0.4, 0.5) is 5.69 Å². The number of hydrogen-bond donors (Lipinski definition) is 0. The van der Waals surface area contributed by atoms with E-state index in [-0.39, 0.29) is 24.0 Å². The fourth-order valence-electron chi connectivity index (χ4n) is 3.37. The highest BCUT2D eigenvalue weighted by Crippen LogP contribution is 2.25. The van der Waals surface area contributed by atoms with Crippen LogP contribution < -0.4 is 4.90 Å². The van der Waals surface area contributed by atoms with Gasteiger partial charge in [0.05, 0.1) is 0 Å². The third-order valence-corrected chi connectivity index (χ3v) is 5.10. The van der Waals surface area contributed by atoms with E-state index < -0.39 is 0 Å². The van der Waals surface area contributed by atoms with Crippen molar-refractivity contribution in [3.63, 3.8) is 0 Å². The van der Waals surface area contributed by atoms with Crippen LogP contribution in [0, 0.1) is 0 Å². The summed E-state index contributed by atoms with van der Waals surface area (Å²) >= 11 is 4.24. The highest BCUT2D eigenvalue weighted by Gasteiger charge is 2.12. The summed E-state index contributed by atoms with van der Waals surface area (Å²) in [5, 5.41) is 0. The highest BCUT2D eigenvalue weighted by atomic mass is 128. The third-order valence-electron chi connectivity index (χ3n) is 5.10. The second-order valence-corrected chi connectivity index (χ2v) is 7.25. The maximum Gasteiger partial charge on any atom is 0.0396 e. The maximum absolute atomic E-state index is 2.49. The molecule has 3 aromatic carbocycles. The number of fused-ring (bicyclic) bond motifs is 1. The molecule has 5 rings (SSSR count). The predicted molar refractivity (Wildman–Crippen MR) is 205 cm³/mol. The van der Waals surface area contributed by atoms with Gasteiger partial charge in [-0.1, -0.05) is 139 Å². The van der Waals surface area contributed by atoms with Crippen molar-refractivity contribution < 1.29 is 0 Å². The first-order chi connectivity index (χ1) is 18.3. The molecule has 2 heterocycles. The van der Waals surface area contributed by atoms with Crippen molar-refractivity contribution in [2.45, 2.75) is 67.7 Å². The maximum atomic E-state index is 2.49. The van der Waals surface area contributed by atoms with Crippen molar-refractivity contribution in [2.24, 2.45) is 0 Å². The molecule has 0 saturated carbocycles. The summed E-state index contributed by atoms with van der Waals surface area (Å²) in [7, 11) is 2.14. The van der Waals surface area contributed by atoms with Gasteiger partial charge < -0.3 is 9.80 Å². The van der Waals surface area contributed by atoms with E-state index in [4.69, 9.17) is 0 Å². The number of rotatable bonds is 1. The van der Waals surface area contributed by atoms with Crippen molar-refractivity contribution in [1.29, 1.82) is 0 Å². The summed E-state index contributed by atoms with van der Waals surface area (Å²) in [5.41, 5.74) is 2.90. The number of nitrogens with zero attached hydrogens (tertiary/aromatic N) is 2. The molecule has 218 valence electrons. The van der Waals surface area contributed by atoms with Gasteiger partial charge >= 0.3 is 0 Å². The van der Waals surface area contributed by atoms with E-state index in [9.17, 15) is 0 Å². The molecule has 5 heteroatoms. The van der Waals surface area contributed by atoms with Crippen molar-refractivity contribution in [1.82, 2.24) is 4.90 Å². The van der Waals surface area contributed by atoms with Gasteiger partial charge in [0.25, 0.3) is 0 Å². The number of hydrogen-bond acceptors (Lipinski definition) is 2. The Bertz CT molecular complexity index is 668. The van der Waals surface area contributed by atoms with Gasteiger partial charge in [-0.3, -0.25) is 0 Å². The van der Waals surface area contributed by atoms with Gasteiger partial charge in [0.1, 0.15) is 0 Å². The second kappa shape index (κ2) is 38.8. The lowest BCUT2D eigenvalue weighted by atomic mass is 10.2. The Morgan fingerprint density at radius 1 is 0.579 bits per heavy atom. The Morgan fingerprint density at radius 3 is 1.21 bits per heavy atom. The standard InChI is InChI=1S/C9H11N.C6H13N.2C6H6.3C2H6.I2.HI/c1-10-7-6-8-4-2-3-5-9(8)10;1-2-7-5-3-4-6-7;2*1-2-4-6-5-3-1;4*1-2;/h2-5H,6-7H2,1H3;2-6H2,1H3;2*1-6H;3*1-2H3;;1H. The quantitative estimate of drug-likeness (QED) is 0.225. The fraction of sp³-hybridized carbons (Fsp3) is 0.455. The molecular formula is C33H55I3N2. The summed E-state index contributed by atoms with van der Waals surface area (Å²) in [6.07, 6.45) is 4.06. The summed E-state index contributed by atoms with van der Waals surface area (Å²) in [6, 6.07) is 32.6. The molecule has 0 radical (unpaired) electrons. The Labute approximate surface area is 277 Å². The van der Waals surface area contributed by atoms with Gasteiger partial charge in [-0.05, 0) is 50.5 Å². The Morgan fingerprint density at radius 2 is 0.921 bits per heavy atom. The molecule has 38 heavy (non-hydrogen) atoms. The lowest BCUT2D eigenvalue weighted by molar-refractivity contribution is 0.359. The zero-order valence-corrected chi connectivity index (χ0v) is 31.9. The largest absolute Gasteiger partial charge is 0.374 e. The molecule has 0 N–H and O–H groups in total. The Balaban J connectivity index is -0.000000188. The first-order valence-corrected chi connectivity index (χ1v) is 20.3. The van der Waals surface area contributed by atoms with Gasteiger partial charge in [-0.25, -0.2) is 0 Å².